The molecular formula is C31H33FN4O4. The fourth-order valence-electron chi connectivity index (χ4n) is 5.16. The lowest BCUT2D eigenvalue weighted by Crippen LogP contribution is -2.54. The van der Waals surface area contributed by atoms with Crippen molar-refractivity contribution in [1.82, 2.24) is 14.7 Å². The largest absolute Gasteiger partial charge is 0.438 e. The normalized spacial score (nSPS) is 19.4. The number of aryl methyl sites for hydroxylation is 1. The van der Waals surface area contributed by atoms with E-state index < -0.39 is 30.0 Å². The molecule has 5 rings (SSSR count). The molecule has 3 amide bonds. The molecule has 2 unspecified atom stereocenters. The van der Waals surface area contributed by atoms with Crippen LogP contribution in [0.4, 0.5) is 14.9 Å². The van der Waals surface area contributed by atoms with E-state index in [1.807, 2.05) is 36.1 Å². The highest BCUT2D eigenvalue weighted by molar-refractivity contribution is 6.04. The number of piperazine rings is 1. The number of amides is 3. The molecule has 0 saturated carbocycles. The van der Waals surface area contributed by atoms with Gasteiger partial charge < -0.3 is 19.9 Å². The zero-order valence-corrected chi connectivity index (χ0v) is 22.7. The standard InChI is InChI=1S/C31H33FN4O4/c1-3-34-16-18-35(19-17-34)30(38)27-28(40-31(39)36(27)20-22-10-8-21(2)9-11-22)23-12-14-24(15-13-23)33-29(37)25-6-4-5-7-26(25)32/h4-15,27-28H,3,16-20H2,1-2H3,(H,33,37). The van der Waals surface area contributed by atoms with Gasteiger partial charge in [-0.05, 0) is 48.9 Å². The molecule has 3 aromatic carbocycles. The van der Waals surface area contributed by atoms with Crippen LogP contribution in [0, 0.1) is 12.7 Å². The lowest BCUT2D eigenvalue weighted by Gasteiger charge is -2.37. The maximum Gasteiger partial charge on any atom is 0.411 e. The molecular weight excluding hydrogens is 511 g/mol. The molecule has 2 saturated heterocycles. The van der Waals surface area contributed by atoms with Crippen molar-refractivity contribution in [3.8, 4) is 0 Å². The number of hydrogen-bond donors (Lipinski definition) is 1. The molecule has 0 radical (unpaired) electrons. The van der Waals surface area contributed by atoms with Crippen LogP contribution in [0.3, 0.4) is 0 Å². The molecule has 0 bridgehead atoms. The van der Waals surface area contributed by atoms with Gasteiger partial charge in [0.25, 0.3) is 5.91 Å². The monoisotopic (exact) mass is 544 g/mol. The second kappa shape index (κ2) is 11.9. The first-order valence-electron chi connectivity index (χ1n) is 13.5. The Bertz CT molecular complexity index is 1370. The molecule has 40 heavy (non-hydrogen) atoms. The number of hydrogen-bond acceptors (Lipinski definition) is 5. The number of ether oxygens (including phenoxy) is 1. The molecule has 0 aromatic heterocycles. The van der Waals surface area contributed by atoms with Gasteiger partial charge in [0.15, 0.2) is 12.1 Å². The van der Waals surface area contributed by atoms with E-state index in [1.165, 1.54) is 23.1 Å². The van der Waals surface area contributed by atoms with Gasteiger partial charge in [-0.2, -0.15) is 0 Å². The summed E-state index contributed by atoms with van der Waals surface area (Å²) in [5, 5.41) is 2.69. The lowest BCUT2D eigenvalue weighted by atomic mass is 9.99. The Morgan fingerprint density at radius 1 is 0.950 bits per heavy atom. The Labute approximate surface area is 233 Å². The Morgan fingerprint density at radius 3 is 2.27 bits per heavy atom. The third-order valence-corrected chi connectivity index (χ3v) is 7.56. The molecule has 1 N–H and O–H groups in total. The van der Waals surface area contributed by atoms with Crippen LogP contribution in [0.2, 0.25) is 0 Å². The third-order valence-electron chi connectivity index (χ3n) is 7.56. The number of nitrogens with zero attached hydrogens (tertiary/aromatic N) is 3. The van der Waals surface area contributed by atoms with E-state index in [0.717, 1.165) is 30.8 Å². The number of nitrogens with one attached hydrogen (secondary N) is 1. The van der Waals surface area contributed by atoms with Gasteiger partial charge in [0, 0.05) is 31.9 Å². The predicted molar refractivity (Wildman–Crippen MR) is 149 cm³/mol. The third kappa shape index (κ3) is 5.84. The van der Waals surface area contributed by atoms with Crippen LogP contribution in [0.5, 0.6) is 0 Å². The number of cyclic esters (lactones) is 1. The maximum atomic E-state index is 14.0. The molecule has 8 nitrogen and oxygen atoms in total. The van der Waals surface area contributed by atoms with Crippen LogP contribution >= 0.6 is 0 Å². The zero-order valence-electron chi connectivity index (χ0n) is 22.7. The second-order valence-electron chi connectivity index (χ2n) is 10.2. The number of carbonyl (C=O) groups excluding carboxylic acids is 3. The molecule has 2 atom stereocenters. The van der Waals surface area contributed by atoms with E-state index in [2.05, 4.69) is 17.1 Å². The minimum Gasteiger partial charge on any atom is -0.438 e. The van der Waals surface area contributed by atoms with Crippen molar-refractivity contribution in [2.75, 3.05) is 38.0 Å². The Morgan fingerprint density at radius 2 is 1.62 bits per heavy atom. The molecule has 2 aliphatic heterocycles. The number of rotatable bonds is 7. The minimum absolute atomic E-state index is 0.0584. The van der Waals surface area contributed by atoms with Crippen molar-refractivity contribution in [2.24, 2.45) is 0 Å². The van der Waals surface area contributed by atoms with Gasteiger partial charge >= 0.3 is 6.09 Å². The van der Waals surface area contributed by atoms with Crippen molar-refractivity contribution >= 4 is 23.6 Å². The van der Waals surface area contributed by atoms with E-state index in [-0.39, 0.29) is 18.0 Å². The number of anilines is 1. The van der Waals surface area contributed by atoms with Gasteiger partial charge in [-0.3, -0.25) is 14.5 Å². The topological polar surface area (TPSA) is 82.2 Å². The fraction of sp³-hybridized carbons (Fsp3) is 0.323. The van der Waals surface area contributed by atoms with Gasteiger partial charge in [-0.1, -0.05) is 61.0 Å². The molecule has 2 fully saturated rings. The van der Waals surface area contributed by atoms with Crippen molar-refractivity contribution in [3.05, 3.63) is 101 Å². The highest BCUT2D eigenvalue weighted by atomic mass is 19.1. The van der Waals surface area contributed by atoms with Crippen LogP contribution in [-0.4, -0.2) is 71.4 Å². The SMILES string of the molecule is CCN1CCN(C(=O)C2C(c3ccc(NC(=O)c4ccccc4F)cc3)OC(=O)N2Cc2ccc(C)cc2)CC1. The minimum atomic E-state index is -0.833. The summed E-state index contributed by atoms with van der Waals surface area (Å²) in [6, 6.07) is 19.5. The number of halogens is 1. The van der Waals surface area contributed by atoms with Gasteiger partial charge in [0.1, 0.15) is 5.82 Å². The zero-order chi connectivity index (χ0) is 28.2. The summed E-state index contributed by atoms with van der Waals surface area (Å²) in [6.45, 7) is 8.00. The van der Waals surface area contributed by atoms with Crippen molar-refractivity contribution in [3.63, 3.8) is 0 Å². The summed E-state index contributed by atoms with van der Waals surface area (Å²) in [5.41, 5.74) is 3.04. The molecule has 0 spiro atoms. The van der Waals surface area contributed by atoms with E-state index in [0.29, 0.717) is 24.3 Å². The van der Waals surface area contributed by atoms with Crippen LogP contribution in [0.15, 0.2) is 72.8 Å². The molecule has 2 aliphatic rings. The average molecular weight is 545 g/mol. The van der Waals surface area contributed by atoms with Crippen LogP contribution in [0.25, 0.3) is 0 Å². The lowest BCUT2D eigenvalue weighted by molar-refractivity contribution is -0.138. The summed E-state index contributed by atoms with van der Waals surface area (Å²) in [6.07, 6.45) is -1.36. The molecule has 208 valence electrons. The van der Waals surface area contributed by atoms with Crippen LogP contribution < -0.4 is 5.32 Å². The summed E-state index contributed by atoms with van der Waals surface area (Å²) >= 11 is 0. The van der Waals surface area contributed by atoms with Crippen molar-refractivity contribution < 1.29 is 23.5 Å². The number of likely N-dealkylation sites (N-methyl/N-ethyl adjacent to an activating group) is 1. The maximum absolute atomic E-state index is 14.0. The number of carbonyl (C=O) groups is 3. The summed E-state index contributed by atoms with van der Waals surface area (Å²) in [7, 11) is 0. The average Bonchev–Trinajstić information content (AvgIpc) is 3.29. The molecule has 3 aromatic rings. The summed E-state index contributed by atoms with van der Waals surface area (Å²) in [5.74, 6) is -1.32. The molecule has 0 aliphatic carbocycles. The van der Waals surface area contributed by atoms with Crippen LogP contribution in [0.1, 0.15) is 40.1 Å². The summed E-state index contributed by atoms with van der Waals surface area (Å²) < 4.78 is 19.8. The Kier molecular flexibility index (Phi) is 8.11. The predicted octanol–water partition coefficient (Wildman–Crippen LogP) is 4.61. The first-order chi connectivity index (χ1) is 19.3. The highest BCUT2D eigenvalue weighted by Crippen LogP contribution is 2.35. The first-order valence-corrected chi connectivity index (χ1v) is 13.5. The quantitative estimate of drug-likeness (QED) is 0.470. The van der Waals surface area contributed by atoms with E-state index in [9.17, 15) is 18.8 Å². The smallest absolute Gasteiger partial charge is 0.411 e. The van der Waals surface area contributed by atoms with Gasteiger partial charge in [0.2, 0.25) is 5.91 Å². The Balaban J connectivity index is 1.38. The Hall–Kier alpha value is -4.24. The van der Waals surface area contributed by atoms with E-state index in [1.54, 1.807) is 30.3 Å². The van der Waals surface area contributed by atoms with Crippen molar-refractivity contribution in [2.45, 2.75) is 32.5 Å². The first kappa shape index (κ1) is 27.3. The second-order valence-corrected chi connectivity index (χ2v) is 10.2. The fourth-order valence-corrected chi connectivity index (χ4v) is 5.16. The van der Waals surface area contributed by atoms with Gasteiger partial charge in [0.05, 0.1) is 12.1 Å². The van der Waals surface area contributed by atoms with E-state index in [4.69, 9.17) is 4.74 Å². The van der Waals surface area contributed by atoms with Crippen LogP contribution in [-0.2, 0) is 16.1 Å². The van der Waals surface area contributed by atoms with E-state index >= 15 is 0 Å². The molecule has 9 heteroatoms. The summed E-state index contributed by atoms with van der Waals surface area (Å²) in [4.78, 5) is 45.2. The van der Waals surface area contributed by atoms with Crippen molar-refractivity contribution in [1.29, 1.82) is 0 Å². The van der Waals surface area contributed by atoms with Gasteiger partial charge in [-0.25, -0.2) is 9.18 Å². The molecule has 2 heterocycles. The number of benzene rings is 3. The highest BCUT2D eigenvalue weighted by Gasteiger charge is 2.48. The van der Waals surface area contributed by atoms with Gasteiger partial charge in [-0.15, -0.1) is 0 Å².